The van der Waals surface area contributed by atoms with E-state index in [1.807, 2.05) is 18.5 Å². The Morgan fingerprint density at radius 3 is 2.89 bits per heavy atom. The summed E-state index contributed by atoms with van der Waals surface area (Å²) in [6.45, 7) is 1.09. The van der Waals surface area contributed by atoms with Gasteiger partial charge in [-0.25, -0.2) is 4.98 Å². The van der Waals surface area contributed by atoms with Gasteiger partial charge in [-0.2, -0.15) is 0 Å². The Bertz CT molecular complexity index is 598. The Morgan fingerprint density at radius 1 is 1.21 bits per heavy atom. The molecular formula is C15H17N3O. The molecule has 0 unspecified atom stereocenters. The second-order valence-corrected chi connectivity index (χ2v) is 4.97. The Morgan fingerprint density at radius 2 is 2.05 bits per heavy atom. The van der Waals surface area contributed by atoms with Gasteiger partial charge in [-0.05, 0) is 36.1 Å². The Kier molecular flexibility index (Phi) is 3.17. The third kappa shape index (κ3) is 2.31. The van der Waals surface area contributed by atoms with Crippen LogP contribution in [0.5, 0.6) is 0 Å². The van der Waals surface area contributed by atoms with Crippen LogP contribution in [-0.2, 0) is 13.0 Å². The highest BCUT2D eigenvalue weighted by Crippen LogP contribution is 2.28. The summed E-state index contributed by atoms with van der Waals surface area (Å²) in [6.07, 6.45) is 7.63. The van der Waals surface area contributed by atoms with Crippen molar-refractivity contribution in [3.63, 3.8) is 0 Å². The number of aliphatic hydroxyl groups is 1. The number of nitrogens with zero attached hydrogens (tertiary/aromatic N) is 3. The van der Waals surface area contributed by atoms with Crippen LogP contribution in [0, 0.1) is 0 Å². The van der Waals surface area contributed by atoms with Crippen LogP contribution in [0.1, 0.15) is 17.5 Å². The van der Waals surface area contributed by atoms with Gasteiger partial charge in [0, 0.05) is 43.3 Å². The molecule has 1 aliphatic heterocycles. The SMILES string of the molecule is CN1CCCc2cc(-c3cncc(CO)c3)cnc21. The van der Waals surface area contributed by atoms with Gasteiger partial charge in [0.1, 0.15) is 5.82 Å². The van der Waals surface area contributed by atoms with E-state index in [1.165, 1.54) is 12.0 Å². The zero-order valence-corrected chi connectivity index (χ0v) is 11.0. The number of pyridine rings is 2. The summed E-state index contributed by atoms with van der Waals surface area (Å²) in [5.74, 6) is 1.08. The smallest absolute Gasteiger partial charge is 0.131 e. The number of aryl methyl sites for hydroxylation is 1. The molecule has 3 heterocycles. The van der Waals surface area contributed by atoms with E-state index in [2.05, 4.69) is 28.0 Å². The van der Waals surface area contributed by atoms with Gasteiger partial charge in [0.25, 0.3) is 0 Å². The molecule has 0 bridgehead atoms. The molecule has 2 aromatic heterocycles. The van der Waals surface area contributed by atoms with Crippen molar-refractivity contribution in [2.75, 3.05) is 18.5 Å². The van der Waals surface area contributed by atoms with E-state index in [-0.39, 0.29) is 6.61 Å². The molecule has 0 fully saturated rings. The van der Waals surface area contributed by atoms with Crippen LogP contribution in [0.3, 0.4) is 0 Å². The van der Waals surface area contributed by atoms with E-state index in [4.69, 9.17) is 0 Å². The summed E-state index contributed by atoms with van der Waals surface area (Å²) in [5, 5.41) is 9.17. The van der Waals surface area contributed by atoms with Crippen LogP contribution in [0.4, 0.5) is 5.82 Å². The van der Waals surface area contributed by atoms with Gasteiger partial charge in [-0.3, -0.25) is 4.98 Å². The number of rotatable bonds is 2. The molecule has 0 amide bonds. The van der Waals surface area contributed by atoms with E-state index >= 15 is 0 Å². The van der Waals surface area contributed by atoms with E-state index in [0.29, 0.717) is 0 Å². The van der Waals surface area contributed by atoms with Crippen molar-refractivity contribution >= 4 is 5.82 Å². The number of fused-ring (bicyclic) bond motifs is 1. The molecule has 1 aliphatic rings. The lowest BCUT2D eigenvalue weighted by Crippen LogP contribution is -2.25. The number of aliphatic hydroxyl groups excluding tert-OH is 1. The fourth-order valence-corrected chi connectivity index (χ4v) is 2.53. The highest BCUT2D eigenvalue weighted by Gasteiger charge is 2.15. The molecule has 0 radical (unpaired) electrons. The maximum Gasteiger partial charge on any atom is 0.131 e. The van der Waals surface area contributed by atoms with E-state index in [1.54, 1.807) is 6.20 Å². The van der Waals surface area contributed by atoms with E-state index in [0.717, 1.165) is 35.5 Å². The number of hydrogen-bond donors (Lipinski definition) is 1. The summed E-state index contributed by atoms with van der Waals surface area (Å²) in [6, 6.07) is 4.15. The Balaban J connectivity index is 2.01. The van der Waals surface area contributed by atoms with Gasteiger partial charge >= 0.3 is 0 Å². The molecule has 1 N–H and O–H groups in total. The number of anilines is 1. The fraction of sp³-hybridized carbons (Fsp3) is 0.333. The quantitative estimate of drug-likeness (QED) is 0.892. The van der Waals surface area contributed by atoms with Crippen molar-refractivity contribution in [3.8, 4) is 11.1 Å². The lowest BCUT2D eigenvalue weighted by Gasteiger charge is -2.26. The van der Waals surface area contributed by atoms with Gasteiger partial charge in [0.05, 0.1) is 6.61 Å². The van der Waals surface area contributed by atoms with E-state index in [9.17, 15) is 5.11 Å². The normalized spacial score (nSPS) is 14.3. The highest BCUT2D eigenvalue weighted by molar-refractivity contribution is 5.66. The molecule has 0 saturated heterocycles. The first-order chi connectivity index (χ1) is 9.28. The highest BCUT2D eigenvalue weighted by atomic mass is 16.3. The zero-order chi connectivity index (χ0) is 13.2. The van der Waals surface area contributed by atoms with Crippen molar-refractivity contribution in [2.24, 2.45) is 0 Å². The third-order valence-electron chi connectivity index (χ3n) is 3.55. The molecule has 4 nitrogen and oxygen atoms in total. The molecular weight excluding hydrogens is 238 g/mol. The monoisotopic (exact) mass is 255 g/mol. The standard InChI is InChI=1S/C15H17N3O/c1-18-4-2-3-12-6-14(9-17-15(12)18)13-5-11(10-19)7-16-8-13/h5-9,19H,2-4,10H2,1H3. The predicted octanol–water partition coefficient (Wildman–Crippen LogP) is 2.02. The second kappa shape index (κ2) is 4.97. The predicted molar refractivity (Wildman–Crippen MR) is 75.0 cm³/mol. The summed E-state index contributed by atoms with van der Waals surface area (Å²) in [5.41, 5.74) is 4.19. The van der Waals surface area contributed by atoms with Crippen LogP contribution in [-0.4, -0.2) is 28.7 Å². The number of hydrogen-bond acceptors (Lipinski definition) is 4. The molecule has 98 valence electrons. The van der Waals surface area contributed by atoms with Gasteiger partial charge in [-0.15, -0.1) is 0 Å². The summed E-state index contributed by atoms with van der Waals surface area (Å²) < 4.78 is 0. The molecule has 4 heteroatoms. The lowest BCUT2D eigenvalue weighted by atomic mass is 10.0. The van der Waals surface area contributed by atoms with Crippen LogP contribution >= 0.6 is 0 Å². The van der Waals surface area contributed by atoms with Crippen molar-refractivity contribution in [1.82, 2.24) is 9.97 Å². The summed E-state index contributed by atoms with van der Waals surface area (Å²) in [4.78, 5) is 10.9. The maximum absolute atomic E-state index is 9.17. The fourth-order valence-electron chi connectivity index (χ4n) is 2.53. The minimum Gasteiger partial charge on any atom is -0.392 e. The van der Waals surface area contributed by atoms with Crippen molar-refractivity contribution in [2.45, 2.75) is 19.4 Å². The molecule has 0 atom stereocenters. The second-order valence-electron chi connectivity index (χ2n) is 4.97. The van der Waals surface area contributed by atoms with Crippen LogP contribution in [0.15, 0.2) is 30.7 Å². The van der Waals surface area contributed by atoms with Gasteiger partial charge in [-0.1, -0.05) is 0 Å². The number of aromatic nitrogens is 2. The van der Waals surface area contributed by atoms with Gasteiger partial charge in [0.15, 0.2) is 0 Å². The molecule has 19 heavy (non-hydrogen) atoms. The largest absolute Gasteiger partial charge is 0.392 e. The minimum atomic E-state index is 0.0158. The molecule has 0 saturated carbocycles. The lowest BCUT2D eigenvalue weighted by molar-refractivity contribution is 0.281. The van der Waals surface area contributed by atoms with Crippen LogP contribution in [0.25, 0.3) is 11.1 Å². The molecule has 0 spiro atoms. The Labute approximate surface area is 112 Å². The molecule has 0 aliphatic carbocycles. The summed E-state index contributed by atoms with van der Waals surface area (Å²) >= 11 is 0. The Hall–Kier alpha value is -1.94. The van der Waals surface area contributed by atoms with Crippen LogP contribution < -0.4 is 4.90 Å². The zero-order valence-electron chi connectivity index (χ0n) is 11.0. The van der Waals surface area contributed by atoms with Crippen molar-refractivity contribution < 1.29 is 5.11 Å². The first-order valence-corrected chi connectivity index (χ1v) is 6.53. The molecule has 3 rings (SSSR count). The van der Waals surface area contributed by atoms with Gasteiger partial charge < -0.3 is 10.0 Å². The van der Waals surface area contributed by atoms with Gasteiger partial charge in [0.2, 0.25) is 0 Å². The molecule has 2 aromatic rings. The van der Waals surface area contributed by atoms with Crippen molar-refractivity contribution in [3.05, 3.63) is 41.9 Å². The van der Waals surface area contributed by atoms with Crippen LogP contribution in [0.2, 0.25) is 0 Å². The first-order valence-electron chi connectivity index (χ1n) is 6.53. The maximum atomic E-state index is 9.17. The van der Waals surface area contributed by atoms with Crippen molar-refractivity contribution in [1.29, 1.82) is 0 Å². The van der Waals surface area contributed by atoms with E-state index < -0.39 is 0 Å². The summed E-state index contributed by atoms with van der Waals surface area (Å²) in [7, 11) is 2.08. The molecule has 0 aromatic carbocycles. The average Bonchev–Trinajstić information content (AvgIpc) is 2.47. The topological polar surface area (TPSA) is 49.2 Å². The third-order valence-corrected chi connectivity index (χ3v) is 3.55. The minimum absolute atomic E-state index is 0.0158. The first kappa shape index (κ1) is 12.1. The average molecular weight is 255 g/mol.